The van der Waals surface area contributed by atoms with Gasteiger partial charge in [-0.15, -0.1) is 0 Å². The lowest BCUT2D eigenvalue weighted by atomic mass is 9.62. The average molecular weight is 261 g/mol. The summed E-state index contributed by atoms with van der Waals surface area (Å²) in [7, 11) is 1.67. The van der Waals surface area contributed by atoms with E-state index in [9.17, 15) is 17.6 Å². The molecule has 0 radical (unpaired) electrons. The Kier molecular flexibility index (Phi) is 3.36. The lowest BCUT2D eigenvalue weighted by Crippen LogP contribution is -2.50. The molecule has 1 aromatic rings. The van der Waals surface area contributed by atoms with E-state index in [2.05, 4.69) is 5.32 Å². The van der Waals surface area contributed by atoms with Gasteiger partial charge >= 0.3 is 6.18 Å². The summed E-state index contributed by atoms with van der Waals surface area (Å²) in [5.74, 6) is 0. The summed E-state index contributed by atoms with van der Waals surface area (Å²) in [6.45, 7) is 0.362. The molecular weight excluding hydrogens is 246 g/mol. The molecular formula is C13H15F4N. The van der Waals surface area contributed by atoms with Crippen molar-refractivity contribution in [3.05, 3.63) is 35.4 Å². The predicted molar refractivity (Wildman–Crippen MR) is 61.2 cm³/mol. The zero-order valence-corrected chi connectivity index (χ0v) is 10.0. The molecule has 1 saturated carbocycles. The Hall–Kier alpha value is -1.10. The summed E-state index contributed by atoms with van der Waals surface area (Å²) in [6.07, 6.45) is -5.08. The molecule has 0 bridgehead atoms. The Labute approximate surface area is 103 Å². The first-order chi connectivity index (χ1) is 8.39. The molecule has 100 valence electrons. The summed E-state index contributed by atoms with van der Waals surface area (Å²) >= 11 is 0. The number of likely N-dealkylation sites (N-methyl/N-ethyl adjacent to an activating group) is 1. The number of nitrogens with one attached hydrogen (secondary N) is 1. The number of halogens is 4. The second kappa shape index (κ2) is 4.53. The zero-order chi connectivity index (χ0) is 13.4. The number of alkyl halides is 4. The van der Waals surface area contributed by atoms with Crippen molar-refractivity contribution in [1.29, 1.82) is 0 Å². The fourth-order valence-corrected chi connectivity index (χ4v) is 2.78. The van der Waals surface area contributed by atoms with Gasteiger partial charge in [0.15, 0.2) is 0 Å². The summed E-state index contributed by atoms with van der Waals surface area (Å²) < 4.78 is 52.0. The monoisotopic (exact) mass is 261 g/mol. The molecule has 0 heterocycles. The lowest BCUT2D eigenvalue weighted by molar-refractivity contribution is -0.139. The third-order valence-corrected chi connectivity index (χ3v) is 3.54. The van der Waals surface area contributed by atoms with Crippen LogP contribution in [-0.4, -0.2) is 19.8 Å². The molecule has 1 aromatic carbocycles. The number of benzene rings is 1. The largest absolute Gasteiger partial charge is 0.416 e. The van der Waals surface area contributed by atoms with Gasteiger partial charge in [0.25, 0.3) is 0 Å². The first-order valence-electron chi connectivity index (χ1n) is 5.84. The summed E-state index contributed by atoms with van der Waals surface area (Å²) in [5, 5.41) is 2.87. The molecule has 0 aliphatic heterocycles. The minimum Gasteiger partial charge on any atom is -0.319 e. The predicted octanol–water partition coefficient (Wildman–Crippen LogP) is 3.29. The molecule has 1 fully saturated rings. The van der Waals surface area contributed by atoms with Crippen LogP contribution in [0, 0.1) is 0 Å². The van der Waals surface area contributed by atoms with Gasteiger partial charge < -0.3 is 5.32 Å². The van der Waals surface area contributed by atoms with Gasteiger partial charge in [-0.25, -0.2) is 4.39 Å². The lowest BCUT2D eigenvalue weighted by Gasteiger charge is -2.45. The van der Waals surface area contributed by atoms with Gasteiger partial charge in [-0.3, -0.25) is 0 Å². The minimum atomic E-state index is -4.39. The second-order valence-corrected chi connectivity index (χ2v) is 4.86. The second-order valence-electron chi connectivity index (χ2n) is 4.86. The van der Waals surface area contributed by atoms with Crippen LogP contribution < -0.4 is 5.32 Å². The van der Waals surface area contributed by atoms with Crippen molar-refractivity contribution >= 4 is 0 Å². The maximum atomic E-state index is 13.1. The van der Waals surface area contributed by atoms with Gasteiger partial charge in [0.2, 0.25) is 0 Å². The zero-order valence-electron chi connectivity index (χ0n) is 10.0. The van der Waals surface area contributed by atoms with E-state index < -0.39 is 23.3 Å². The van der Waals surface area contributed by atoms with Crippen LogP contribution in [0.5, 0.6) is 0 Å². The first-order valence-corrected chi connectivity index (χ1v) is 5.84. The van der Waals surface area contributed by atoms with E-state index in [1.54, 1.807) is 13.1 Å². The molecule has 0 amide bonds. The molecule has 0 aromatic heterocycles. The van der Waals surface area contributed by atoms with Crippen LogP contribution in [0.15, 0.2) is 24.3 Å². The minimum absolute atomic E-state index is 0.154. The van der Waals surface area contributed by atoms with Gasteiger partial charge in [-0.2, -0.15) is 13.2 Å². The van der Waals surface area contributed by atoms with E-state index >= 15 is 0 Å². The molecule has 0 unspecified atom stereocenters. The van der Waals surface area contributed by atoms with Crippen molar-refractivity contribution in [3.8, 4) is 0 Å². The molecule has 2 rings (SSSR count). The Morgan fingerprint density at radius 1 is 1.28 bits per heavy atom. The average Bonchev–Trinajstić information content (AvgIpc) is 2.26. The molecule has 1 N–H and O–H groups in total. The van der Waals surface area contributed by atoms with Gasteiger partial charge in [-0.05, 0) is 31.5 Å². The Bertz CT molecular complexity index is 416. The van der Waals surface area contributed by atoms with Gasteiger partial charge in [0.1, 0.15) is 6.17 Å². The van der Waals surface area contributed by atoms with Crippen LogP contribution >= 0.6 is 0 Å². The Morgan fingerprint density at radius 3 is 2.39 bits per heavy atom. The van der Waals surface area contributed by atoms with E-state index in [4.69, 9.17) is 0 Å². The summed E-state index contributed by atoms with van der Waals surface area (Å²) in [4.78, 5) is 0. The number of hydrogen-bond acceptors (Lipinski definition) is 1. The highest BCUT2D eigenvalue weighted by Gasteiger charge is 2.49. The van der Waals surface area contributed by atoms with E-state index in [1.807, 2.05) is 0 Å². The highest BCUT2D eigenvalue weighted by atomic mass is 19.4. The van der Waals surface area contributed by atoms with Crippen LogP contribution in [0.4, 0.5) is 17.6 Å². The van der Waals surface area contributed by atoms with Crippen LogP contribution in [-0.2, 0) is 11.6 Å². The van der Waals surface area contributed by atoms with Crippen LogP contribution in [0.1, 0.15) is 24.0 Å². The van der Waals surface area contributed by atoms with Gasteiger partial charge in [0.05, 0.1) is 5.56 Å². The quantitative estimate of drug-likeness (QED) is 0.823. The maximum absolute atomic E-state index is 13.1. The molecule has 0 atom stereocenters. The molecule has 5 heteroatoms. The van der Waals surface area contributed by atoms with E-state index in [-0.39, 0.29) is 18.4 Å². The third kappa shape index (κ3) is 2.23. The molecule has 0 spiro atoms. The molecule has 1 aliphatic rings. The molecule has 1 nitrogen and oxygen atoms in total. The highest BCUT2D eigenvalue weighted by molar-refractivity contribution is 5.39. The summed E-state index contributed by atoms with van der Waals surface area (Å²) in [5.41, 5.74) is -1.16. The molecule has 0 saturated heterocycles. The fraction of sp³-hybridized carbons (Fsp3) is 0.538. The van der Waals surface area contributed by atoms with E-state index in [0.29, 0.717) is 6.54 Å². The summed E-state index contributed by atoms with van der Waals surface area (Å²) in [6, 6.07) is 5.48. The van der Waals surface area contributed by atoms with Crippen molar-refractivity contribution in [2.24, 2.45) is 0 Å². The Balaban J connectivity index is 2.43. The highest BCUT2D eigenvalue weighted by Crippen LogP contribution is 2.48. The first kappa shape index (κ1) is 13.3. The van der Waals surface area contributed by atoms with Crippen LogP contribution in [0.2, 0.25) is 0 Å². The number of rotatable bonds is 3. The van der Waals surface area contributed by atoms with E-state index in [1.165, 1.54) is 12.1 Å². The van der Waals surface area contributed by atoms with Crippen molar-refractivity contribution in [1.82, 2.24) is 5.32 Å². The van der Waals surface area contributed by atoms with Crippen molar-refractivity contribution in [3.63, 3.8) is 0 Å². The van der Waals surface area contributed by atoms with Crippen LogP contribution in [0.3, 0.4) is 0 Å². The topological polar surface area (TPSA) is 12.0 Å². The van der Waals surface area contributed by atoms with E-state index in [0.717, 1.165) is 6.07 Å². The Morgan fingerprint density at radius 2 is 1.89 bits per heavy atom. The standard InChI is InChI=1S/C13H15F4N/c1-18-8-12(6-9(14)7-12)10-4-2-3-5-11(10)13(15,16)17/h2-5,9,18H,6-8H2,1H3. The van der Waals surface area contributed by atoms with Gasteiger partial charge in [-0.1, -0.05) is 18.2 Å². The molecule has 1 aliphatic carbocycles. The van der Waals surface area contributed by atoms with Crippen molar-refractivity contribution in [2.75, 3.05) is 13.6 Å². The fourth-order valence-electron chi connectivity index (χ4n) is 2.78. The number of hydrogen-bond donors (Lipinski definition) is 1. The maximum Gasteiger partial charge on any atom is 0.416 e. The smallest absolute Gasteiger partial charge is 0.319 e. The SMILES string of the molecule is CNCC1(c2ccccc2C(F)(F)F)CC(F)C1. The van der Waals surface area contributed by atoms with Crippen LogP contribution in [0.25, 0.3) is 0 Å². The normalized spacial score (nSPS) is 27.9. The van der Waals surface area contributed by atoms with Crippen molar-refractivity contribution in [2.45, 2.75) is 30.6 Å². The third-order valence-electron chi connectivity index (χ3n) is 3.54. The van der Waals surface area contributed by atoms with Gasteiger partial charge in [0, 0.05) is 12.0 Å². The molecule has 18 heavy (non-hydrogen) atoms. The van der Waals surface area contributed by atoms with Crippen molar-refractivity contribution < 1.29 is 17.6 Å².